The Bertz CT molecular complexity index is 1290. The Morgan fingerprint density at radius 1 is 1.15 bits per heavy atom. The second-order valence-corrected chi connectivity index (χ2v) is 9.60. The molecule has 3 heterocycles. The number of nitrogens with zero attached hydrogens (tertiary/aromatic N) is 3. The lowest BCUT2D eigenvalue weighted by Gasteiger charge is -2.39. The molecule has 6 rings (SSSR count). The van der Waals surface area contributed by atoms with Gasteiger partial charge < -0.3 is 15.3 Å². The van der Waals surface area contributed by atoms with Crippen LogP contribution in [0.2, 0.25) is 0 Å². The van der Waals surface area contributed by atoms with Crippen LogP contribution in [-0.2, 0) is 21.6 Å². The molecule has 2 atom stereocenters. The summed E-state index contributed by atoms with van der Waals surface area (Å²) in [5.74, 6) is -0.750. The van der Waals surface area contributed by atoms with Gasteiger partial charge in [-0.2, -0.15) is 0 Å². The molecular formula is C27H28N4O3. The first-order valence-electron chi connectivity index (χ1n) is 12.0. The van der Waals surface area contributed by atoms with E-state index in [0.29, 0.717) is 5.56 Å². The van der Waals surface area contributed by atoms with E-state index >= 15 is 0 Å². The van der Waals surface area contributed by atoms with Crippen molar-refractivity contribution >= 4 is 28.3 Å². The monoisotopic (exact) mass is 456 g/mol. The highest BCUT2D eigenvalue weighted by molar-refractivity contribution is 6.09. The highest BCUT2D eigenvalue weighted by atomic mass is 16.3. The average Bonchev–Trinajstić information content (AvgIpc) is 3.34. The van der Waals surface area contributed by atoms with Crippen LogP contribution in [0.3, 0.4) is 0 Å². The largest absolute Gasteiger partial charge is 0.375 e. The summed E-state index contributed by atoms with van der Waals surface area (Å²) in [6, 6.07) is 16.1. The smallest absolute Gasteiger partial charge is 0.264 e. The number of anilines is 1. The number of benzene rings is 2. The Hall–Kier alpha value is -3.29. The summed E-state index contributed by atoms with van der Waals surface area (Å²) in [4.78, 5) is 34.6. The summed E-state index contributed by atoms with van der Waals surface area (Å²) >= 11 is 0. The number of hydrogen-bond donors (Lipinski definition) is 2. The average molecular weight is 457 g/mol. The maximum absolute atomic E-state index is 13.5. The quantitative estimate of drug-likeness (QED) is 0.631. The Balaban J connectivity index is 1.23. The zero-order valence-electron chi connectivity index (χ0n) is 19.2. The van der Waals surface area contributed by atoms with E-state index in [1.165, 1.54) is 23.4 Å². The van der Waals surface area contributed by atoms with Crippen molar-refractivity contribution < 1.29 is 14.7 Å². The van der Waals surface area contributed by atoms with E-state index in [0.717, 1.165) is 43.7 Å². The molecule has 0 spiro atoms. The van der Waals surface area contributed by atoms with Gasteiger partial charge in [0.15, 0.2) is 5.60 Å². The van der Waals surface area contributed by atoms with Crippen molar-refractivity contribution in [3.05, 3.63) is 71.5 Å². The van der Waals surface area contributed by atoms with Gasteiger partial charge in [-0.1, -0.05) is 36.4 Å². The fourth-order valence-electron chi connectivity index (χ4n) is 6.13. The molecular weight excluding hydrogens is 428 g/mol. The number of aromatic nitrogens is 1. The number of carbonyl (C=O) groups excluding carboxylic acids is 2. The fraction of sp³-hybridized carbons (Fsp3) is 0.370. The number of rotatable bonds is 4. The van der Waals surface area contributed by atoms with Gasteiger partial charge in [-0.15, -0.1) is 0 Å². The number of fused-ring (bicyclic) bond motifs is 1. The van der Waals surface area contributed by atoms with Crippen LogP contribution in [0.5, 0.6) is 0 Å². The molecule has 0 radical (unpaired) electrons. The zero-order valence-corrected chi connectivity index (χ0v) is 19.2. The number of amides is 2. The lowest BCUT2D eigenvalue weighted by molar-refractivity contribution is -0.143. The number of nitrogens with one attached hydrogen (secondary N) is 1. The summed E-state index contributed by atoms with van der Waals surface area (Å²) in [7, 11) is 1.52. The summed E-state index contributed by atoms with van der Waals surface area (Å²) < 4.78 is 0. The highest BCUT2D eigenvalue weighted by Crippen LogP contribution is 2.45. The third-order valence-electron chi connectivity index (χ3n) is 7.82. The third-order valence-corrected chi connectivity index (χ3v) is 7.82. The van der Waals surface area contributed by atoms with Crippen molar-refractivity contribution in [1.29, 1.82) is 0 Å². The summed E-state index contributed by atoms with van der Waals surface area (Å²) in [6.07, 6.45) is 4.20. The molecule has 7 nitrogen and oxygen atoms in total. The van der Waals surface area contributed by atoms with Gasteiger partial charge in [0, 0.05) is 43.3 Å². The Morgan fingerprint density at radius 2 is 1.94 bits per heavy atom. The van der Waals surface area contributed by atoms with Crippen LogP contribution in [0.15, 0.2) is 54.7 Å². The molecule has 2 amide bonds. The molecule has 1 fully saturated rings. The Morgan fingerprint density at radius 3 is 2.74 bits per heavy atom. The van der Waals surface area contributed by atoms with Gasteiger partial charge in [-0.25, -0.2) is 0 Å². The molecule has 1 aliphatic carbocycles. The predicted octanol–water partition coefficient (Wildman–Crippen LogP) is 2.67. The number of aliphatic hydroxyl groups is 1. The third kappa shape index (κ3) is 3.07. The van der Waals surface area contributed by atoms with E-state index in [9.17, 15) is 14.7 Å². The molecule has 2 aliphatic heterocycles. The molecule has 2 unspecified atom stereocenters. The molecule has 34 heavy (non-hydrogen) atoms. The van der Waals surface area contributed by atoms with Crippen LogP contribution in [-0.4, -0.2) is 53.0 Å². The molecule has 7 heteroatoms. The number of carbonyl (C=O) groups is 2. The van der Waals surface area contributed by atoms with Gasteiger partial charge in [0.05, 0.1) is 23.8 Å². The molecule has 1 aromatic heterocycles. The van der Waals surface area contributed by atoms with Gasteiger partial charge in [-0.3, -0.25) is 19.5 Å². The zero-order chi connectivity index (χ0) is 23.4. The summed E-state index contributed by atoms with van der Waals surface area (Å²) in [5.41, 5.74) is 1.94. The number of likely N-dealkylation sites (tertiary alicyclic amines) is 1. The molecule has 1 saturated heterocycles. The first-order valence-corrected chi connectivity index (χ1v) is 12.0. The molecule has 0 saturated carbocycles. The van der Waals surface area contributed by atoms with Crippen molar-refractivity contribution in [2.24, 2.45) is 0 Å². The topological polar surface area (TPSA) is 85.8 Å². The van der Waals surface area contributed by atoms with E-state index in [1.54, 1.807) is 17.0 Å². The summed E-state index contributed by atoms with van der Waals surface area (Å²) in [6.45, 7) is 1.70. The molecule has 0 bridgehead atoms. The van der Waals surface area contributed by atoms with Gasteiger partial charge in [0.25, 0.3) is 5.91 Å². The van der Waals surface area contributed by atoms with Crippen molar-refractivity contribution in [3.63, 3.8) is 0 Å². The van der Waals surface area contributed by atoms with Gasteiger partial charge in [0.2, 0.25) is 5.91 Å². The number of para-hydroxylation sites is 1. The van der Waals surface area contributed by atoms with E-state index in [1.807, 2.05) is 18.3 Å². The predicted molar refractivity (Wildman–Crippen MR) is 129 cm³/mol. The van der Waals surface area contributed by atoms with Crippen molar-refractivity contribution in [1.82, 2.24) is 15.2 Å². The van der Waals surface area contributed by atoms with Crippen LogP contribution in [0, 0.1) is 0 Å². The molecule has 3 aromatic rings. The maximum Gasteiger partial charge on any atom is 0.264 e. The SMILES string of the molecule is CNC(=O)CC1(O)C(=O)N(C2CCN(C3Cc4cccc5ccnc3c45)CC2)c2ccccc21. The number of piperidine rings is 1. The normalized spacial score (nSPS) is 24.6. The second-order valence-electron chi connectivity index (χ2n) is 9.60. The van der Waals surface area contributed by atoms with Crippen molar-refractivity contribution in [2.45, 2.75) is 43.4 Å². The first kappa shape index (κ1) is 21.3. The van der Waals surface area contributed by atoms with Crippen molar-refractivity contribution in [3.8, 4) is 0 Å². The second kappa shape index (κ2) is 7.89. The molecule has 174 valence electrons. The molecule has 2 aromatic carbocycles. The minimum absolute atomic E-state index is 0.0175. The lowest BCUT2D eigenvalue weighted by atomic mass is 9.91. The fourth-order valence-corrected chi connectivity index (χ4v) is 6.13. The van der Waals surface area contributed by atoms with Crippen LogP contribution in [0.1, 0.15) is 42.1 Å². The Kier molecular flexibility index (Phi) is 4.93. The van der Waals surface area contributed by atoms with Crippen LogP contribution in [0.25, 0.3) is 10.8 Å². The standard InChI is InChI=1S/C27H28N4O3/c1-28-23(32)16-27(34)20-7-2-3-8-21(20)31(26(27)33)19-10-13-30(14-11-19)22-15-18-6-4-5-17-9-12-29-25(22)24(17)18/h2-9,12,19,22,34H,10-11,13-16H2,1H3,(H,28,32). The lowest BCUT2D eigenvalue weighted by Crippen LogP contribution is -2.51. The maximum atomic E-state index is 13.5. The van der Waals surface area contributed by atoms with Crippen molar-refractivity contribution in [2.75, 3.05) is 25.0 Å². The summed E-state index contributed by atoms with van der Waals surface area (Å²) in [5, 5.41) is 16.4. The minimum atomic E-state index is -1.82. The number of pyridine rings is 1. The first-order chi connectivity index (χ1) is 16.5. The molecule has 2 N–H and O–H groups in total. The van der Waals surface area contributed by atoms with Gasteiger partial charge >= 0.3 is 0 Å². The van der Waals surface area contributed by atoms with E-state index < -0.39 is 11.5 Å². The van der Waals surface area contributed by atoms with Crippen LogP contribution < -0.4 is 10.2 Å². The highest BCUT2D eigenvalue weighted by Gasteiger charge is 2.52. The van der Waals surface area contributed by atoms with Crippen LogP contribution in [0.4, 0.5) is 5.69 Å². The van der Waals surface area contributed by atoms with E-state index in [4.69, 9.17) is 4.98 Å². The van der Waals surface area contributed by atoms with E-state index in [-0.39, 0.29) is 24.4 Å². The number of hydrogen-bond acceptors (Lipinski definition) is 5. The van der Waals surface area contributed by atoms with Gasteiger partial charge in [0.1, 0.15) is 0 Å². The van der Waals surface area contributed by atoms with Crippen LogP contribution >= 0.6 is 0 Å². The Labute approximate surface area is 198 Å². The van der Waals surface area contributed by atoms with Gasteiger partial charge in [-0.05, 0) is 42.3 Å². The van der Waals surface area contributed by atoms with E-state index in [2.05, 4.69) is 34.5 Å². The molecule has 3 aliphatic rings. The minimum Gasteiger partial charge on any atom is -0.375 e.